The van der Waals surface area contributed by atoms with Gasteiger partial charge in [0.2, 0.25) is 0 Å². The monoisotopic (exact) mass is 565 g/mol. The fourth-order valence-corrected chi connectivity index (χ4v) is 5.01. The summed E-state index contributed by atoms with van der Waals surface area (Å²) in [4.78, 5) is 0. The molecular weight excluding hydrogens is 488 g/mol. The van der Waals surface area contributed by atoms with E-state index in [4.69, 9.17) is 4.74 Å². The smallest absolute Gasteiger partial charge is 0.0466 e. The van der Waals surface area contributed by atoms with Crippen molar-refractivity contribution in [1.29, 1.82) is 0 Å². The van der Waals surface area contributed by atoms with Crippen molar-refractivity contribution in [2.75, 3.05) is 13.2 Å². The van der Waals surface area contributed by atoms with Crippen LogP contribution < -0.4 is 0 Å². The quantitative estimate of drug-likeness (QED) is 0.0591. The Kier molecular flexibility index (Phi) is 49.2. The molecule has 0 spiro atoms. The van der Waals surface area contributed by atoms with Crippen molar-refractivity contribution in [2.24, 2.45) is 0 Å². The van der Waals surface area contributed by atoms with Gasteiger partial charge in [-0.25, -0.2) is 0 Å². The van der Waals surface area contributed by atoms with Crippen LogP contribution in [-0.4, -0.2) is 18.7 Å². The Balaban J connectivity index is -0.00000445. The molecule has 0 aliphatic rings. The van der Waals surface area contributed by atoms with Gasteiger partial charge in [0, 0.05) is 13.2 Å². The van der Waals surface area contributed by atoms with Crippen LogP contribution in [0.4, 0.5) is 0 Å². The van der Waals surface area contributed by atoms with Gasteiger partial charge in [0.15, 0.2) is 0 Å². The second-order valence-corrected chi connectivity index (χ2v) is 11.5. The summed E-state index contributed by atoms with van der Waals surface area (Å²) >= 11 is 0. The third-order valence-corrected chi connectivity index (χ3v) is 7.60. The van der Waals surface area contributed by atoms with Crippen molar-refractivity contribution in [3.63, 3.8) is 0 Å². The van der Waals surface area contributed by atoms with Crippen molar-refractivity contribution in [3.05, 3.63) is 37.5 Å². The van der Waals surface area contributed by atoms with Gasteiger partial charge < -0.3 is 10.2 Å². The minimum atomic E-state index is 0. The third-order valence-electron chi connectivity index (χ3n) is 7.60. The topological polar surface area (TPSA) is 40.7 Å². The summed E-state index contributed by atoms with van der Waals surface area (Å²) in [5, 5.41) is 0. The van der Waals surface area contributed by atoms with Crippen LogP contribution in [0.2, 0.25) is 0 Å². The fourth-order valence-electron chi connectivity index (χ4n) is 5.01. The van der Waals surface area contributed by atoms with E-state index in [2.05, 4.69) is 51.3 Å². The minimum Gasteiger partial charge on any atom is -0.412 e. The number of allylic oxidation sites excluding steroid dienone is 4. The van der Waals surface area contributed by atoms with Crippen LogP contribution in [0.5, 0.6) is 0 Å². The zero-order valence-corrected chi connectivity index (χ0v) is 27.8. The Morgan fingerprint density at radius 2 is 0.575 bits per heavy atom. The van der Waals surface area contributed by atoms with Gasteiger partial charge in [0.25, 0.3) is 0 Å². The highest BCUT2D eigenvalue weighted by Crippen LogP contribution is 2.12. The first kappa shape index (κ1) is 43.6. The second kappa shape index (κ2) is 45.1. The maximum atomic E-state index is 5.85. The van der Waals surface area contributed by atoms with Crippen molar-refractivity contribution in [2.45, 2.75) is 194 Å². The molecule has 0 bridgehead atoms. The van der Waals surface area contributed by atoms with E-state index in [9.17, 15) is 0 Å². The first-order chi connectivity index (χ1) is 19.4. The maximum Gasteiger partial charge on any atom is 0.0466 e. The van der Waals surface area contributed by atoms with E-state index in [1.807, 2.05) is 0 Å². The molecule has 0 fully saturated rings. The molecule has 0 radical (unpaired) electrons. The number of rotatable bonds is 32. The van der Waals surface area contributed by atoms with E-state index >= 15 is 0 Å². The van der Waals surface area contributed by atoms with Gasteiger partial charge in [-0.3, -0.25) is 0 Å². The highest BCUT2D eigenvalue weighted by molar-refractivity contribution is 4.82. The summed E-state index contributed by atoms with van der Waals surface area (Å²) in [6.07, 6.45) is 48.1. The van der Waals surface area contributed by atoms with Gasteiger partial charge in [-0.15, -0.1) is 13.2 Å². The number of ether oxygens (including phenoxy) is 1. The predicted molar refractivity (Wildman–Crippen MR) is 185 cm³/mol. The van der Waals surface area contributed by atoms with E-state index < -0.39 is 0 Å². The molecule has 0 heterocycles. The molecule has 240 valence electrons. The van der Waals surface area contributed by atoms with Crippen molar-refractivity contribution in [1.82, 2.24) is 0 Å². The Morgan fingerprint density at radius 3 is 0.850 bits per heavy atom. The molecule has 0 aromatic carbocycles. The lowest BCUT2D eigenvalue weighted by atomic mass is 10.1. The summed E-state index contributed by atoms with van der Waals surface area (Å²) in [6, 6.07) is 0. The minimum absolute atomic E-state index is 0. The zero-order chi connectivity index (χ0) is 28.7. The van der Waals surface area contributed by atoms with Gasteiger partial charge in [0.1, 0.15) is 0 Å². The molecule has 0 amide bonds. The van der Waals surface area contributed by atoms with Crippen molar-refractivity contribution >= 4 is 0 Å². The maximum absolute atomic E-state index is 5.85. The molecule has 0 aliphatic heterocycles. The molecule has 2 nitrogen and oxygen atoms in total. The molecule has 0 atom stereocenters. The van der Waals surface area contributed by atoms with Gasteiger partial charge in [-0.2, -0.15) is 0 Å². The van der Waals surface area contributed by atoms with E-state index in [0.29, 0.717) is 0 Å². The first-order valence-electron chi connectivity index (χ1n) is 17.8. The lowest BCUT2D eigenvalue weighted by Gasteiger charge is -2.05. The number of unbranched alkanes of at least 4 members (excludes halogenated alkanes) is 24. The highest BCUT2D eigenvalue weighted by atomic mass is 16.5. The molecule has 0 unspecified atom stereocenters. The van der Waals surface area contributed by atoms with E-state index in [0.717, 1.165) is 13.2 Å². The Hall–Kier alpha value is -0.860. The Bertz CT molecular complexity index is 416. The van der Waals surface area contributed by atoms with Crippen LogP contribution in [0.15, 0.2) is 37.5 Å². The lowest BCUT2D eigenvalue weighted by molar-refractivity contribution is 0.125. The van der Waals surface area contributed by atoms with Crippen LogP contribution in [0, 0.1) is 0 Å². The van der Waals surface area contributed by atoms with Crippen LogP contribution in [0.1, 0.15) is 194 Å². The first-order valence-corrected chi connectivity index (χ1v) is 17.8. The molecular formula is C38H76O2. The molecule has 0 aromatic rings. The Labute approximate surface area is 254 Å². The van der Waals surface area contributed by atoms with Crippen molar-refractivity contribution in [3.8, 4) is 0 Å². The predicted octanol–water partition coefficient (Wildman–Crippen LogP) is 13.1. The van der Waals surface area contributed by atoms with Crippen LogP contribution in [-0.2, 0) is 4.74 Å². The molecule has 2 N–H and O–H groups in total. The van der Waals surface area contributed by atoms with E-state index in [1.165, 1.54) is 180 Å². The highest BCUT2D eigenvalue weighted by Gasteiger charge is 1.95. The number of hydrogen-bond donors (Lipinski definition) is 0. The Morgan fingerprint density at radius 1 is 0.350 bits per heavy atom. The summed E-state index contributed by atoms with van der Waals surface area (Å²) in [5.41, 5.74) is 0. The third kappa shape index (κ3) is 44.2. The normalized spacial score (nSPS) is 11.2. The molecule has 0 saturated heterocycles. The van der Waals surface area contributed by atoms with Gasteiger partial charge in [-0.1, -0.05) is 154 Å². The average molecular weight is 565 g/mol. The van der Waals surface area contributed by atoms with E-state index in [1.54, 1.807) is 0 Å². The molecule has 0 aliphatic carbocycles. The molecule has 40 heavy (non-hydrogen) atoms. The zero-order valence-electron chi connectivity index (χ0n) is 27.8. The van der Waals surface area contributed by atoms with E-state index in [-0.39, 0.29) is 5.48 Å². The summed E-state index contributed by atoms with van der Waals surface area (Å²) in [5.74, 6) is 0. The molecule has 0 aromatic heterocycles. The SMILES string of the molecule is C=C.CCCCCCCC/C=C\CCCCCCCCOCCCCCCCC/C=C\CCCCCCCC.O. The largest absolute Gasteiger partial charge is 0.412 e. The van der Waals surface area contributed by atoms with Crippen molar-refractivity contribution < 1.29 is 10.2 Å². The molecule has 0 rings (SSSR count). The molecule has 0 saturated carbocycles. The average Bonchev–Trinajstić information content (AvgIpc) is 2.96. The summed E-state index contributed by atoms with van der Waals surface area (Å²) in [6.45, 7) is 12.5. The summed E-state index contributed by atoms with van der Waals surface area (Å²) < 4.78 is 5.85. The fraction of sp³-hybridized carbons (Fsp3) is 0.842. The standard InChI is InChI=1S/C36H70O.C2H4.H2O/c1-3-5-7-9-11-13-15-17-19-21-23-25-27-29-31-33-35-37-36-34-32-30-28-26-24-22-20-18-16-14-12-10-8-6-4-2;1-2;/h17-20H,3-16,21-36H2,1-2H3;1-2H2;1H2/b19-17-,20-18-;;. The summed E-state index contributed by atoms with van der Waals surface area (Å²) in [7, 11) is 0. The van der Waals surface area contributed by atoms with Crippen LogP contribution in [0.25, 0.3) is 0 Å². The van der Waals surface area contributed by atoms with Crippen LogP contribution in [0.3, 0.4) is 0 Å². The lowest BCUT2D eigenvalue weighted by Crippen LogP contribution is -1.97. The van der Waals surface area contributed by atoms with Crippen LogP contribution >= 0.6 is 0 Å². The molecule has 2 heteroatoms. The second-order valence-electron chi connectivity index (χ2n) is 11.5. The van der Waals surface area contributed by atoms with Gasteiger partial charge in [0.05, 0.1) is 0 Å². The van der Waals surface area contributed by atoms with Gasteiger partial charge in [-0.05, 0) is 64.2 Å². The van der Waals surface area contributed by atoms with Gasteiger partial charge >= 0.3 is 0 Å². The number of hydrogen-bond acceptors (Lipinski definition) is 1.